The second-order valence-corrected chi connectivity index (χ2v) is 4.27. The van der Waals surface area contributed by atoms with Crippen molar-refractivity contribution in [3.05, 3.63) is 11.6 Å². The fourth-order valence-electron chi connectivity index (χ4n) is 1.63. The van der Waals surface area contributed by atoms with Gasteiger partial charge < -0.3 is 5.32 Å². The van der Waals surface area contributed by atoms with Crippen molar-refractivity contribution in [2.45, 2.75) is 33.6 Å². The van der Waals surface area contributed by atoms with Crippen LogP contribution in [0.2, 0.25) is 0 Å². The van der Waals surface area contributed by atoms with Crippen LogP contribution < -0.4 is 5.32 Å². The van der Waals surface area contributed by atoms with Crippen LogP contribution in [0.25, 0.3) is 0 Å². The van der Waals surface area contributed by atoms with Crippen LogP contribution >= 0.6 is 0 Å². The Labute approximate surface area is 76.2 Å². The number of allylic oxidation sites excluding steroid dienone is 1. The molecule has 1 saturated heterocycles. The minimum absolute atomic E-state index is 0.800. The maximum atomic E-state index is 3.40. The molecule has 1 aliphatic rings. The van der Waals surface area contributed by atoms with Gasteiger partial charge in [-0.3, -0.25) is 0 Å². The summed E-state index contributed by atoms with van der Waals surface area (Å²) in [5.41, 5.74) is 1.59. The molecule has 0 aromatic carbocycles. The molecule has 0 aromatic heterocycles. The molecule has 1 N–H and O–H groups in total. The molecule has 1 heterocycles. The fraction of sp³-hybridized carbons (Fsp3) is 0.818. The Bertz CT molecular complexity index is 152. The third-order valence-corrected chi connectivity index (χ3v) is 2.62. The highest BCUT2D eigenvalue weighted by atomic mass is 14.9. The highest BCUT2D eigenvalue weighted by Crippen LogP contribution is 2.18. The molecule has 0 bridgehead atoms. The van der Waals surface area contributed by atoms with Crippen molar-refractivity contribution in [3.8, 4) is 0 Å². The van der Waals surface area contributed by atoms with E-state index in [1.807, 2.05) is 0 Å². The maximum Gasteiger partial charge on any atom is 0.00172 e. The molecule has 1 aliphatic heterocycles. The predicted octanol–water partition coefficient (Wildman–Crippen LogP) is 2.59. The molecule has 0 aromatic rings. The molecule has 0 amide bonds. The summed E-state index contributed by atoms with van der Waals surface area (Å²) >= 11 is 0. The number of rotatable bonds is 3. The van der Waals surface area contributed by atoms with Crippen LogP contribution in [0.3, 0.4) is 0 Å². The van der Waals surface area contributed by atoms with Gasteiger partial charge in [-0.1, -0.05) is 25.5 Å². The summed E-state index contributed by atoms with van der Waals surface area (Å²) in [6.45, 7) is 9.23. The summed E-state index contributed by atoms with van der Waals surface area (Å²) in [6.07, 6.45) is 4.99. The Morgan fingerprint density at radius 1 is 1.58 bits per heavy atom. The minimum atomic E-state index is 0.800. The largest absolute Gasteiger partial charge is 0.316 e. The number of nitrogens with one attached hydrogen (secondary N) is 1. The predicted molar refractivity (Wildman–Crippen MR) is 54.2 cm³/mol. The van der Waals surface area contributed by atoms with Gasteiger partial charge in [0.05, 0.1) is 0 Å². The molecule has 0 spiro atoms. The summed E-state index contributed by atoms with van der Waals surface area (Å²) < 4.78 is 0. The smallest absolute Gasteiger partial charge is 0.00172 e. The molecule has 0 radical (unpaired) electrons. The summed E-state index contributed by atoms with van der Waals surface area (Å²) in [4.78, 5) is 0. The summed E-state index contributed by atoms with van der Waals surface area (Å²) in [6, 6.07) is 0. The third-order valence-electron chi connectivity index (χ3n) is 2.62. The highest BCUT2D eigenvalue weighted by molar-refractivity contribution is 5.06. The van der Waals surface area contributed by atoms with Gasteiger partial charge in [0, 0.05) is 6.54 Å². The maximum absolute atomic E-state index is 3.40. The molecule has 1 nitrogen and oxygen atoms in total. The molecular weight excluding hydrogens is 146 g/mol. The first kappa shape index (κ1) is 9.79. The quantitative estimate of drug-likeness (QED) is 0.637. The van der Waals surface area contributed by atoms with E-state index in [1.165, 1.54) is 25.9 Å². The fourth-order valence-corrected chi connectivity index (χ4v) is 1.63. The van der Waals surface area contributed by atoms with Gasteiger partial charge in [-0.15, -0.1) is 0 Å². The van der Waals surface area contributed by atoms with Crippen molar-refractivity contribution in [1.29, 1.82) is 0 Å². The summed E-state index contributed by atoms with van der Waals surface area (Å²) in [7, 11) is 0. The number of hydrogen-bond acceptors (Lipinski definition) is 1. The third kappa shape index (κ3) is 2.98. The van der Waals surface area contributed by atoms with Crippen LogP contribution in [0.5, 0.6) is 0 Å². The second-order valence-electron chi connectivity index (χ2n) is 4.27. The normalized spacial score (nSPS) is 25.3. The zero-order chi connectivity index (χ0) is 8.97. The average Bonchev–Trinajstić information content (AvgIpc) is 2.51. The van der Waals surface area contributed by atoms with Crippen molar-refractivity contribution >= 4 is 0 Å². The van der Waals surface area contributed by atoms with Crippen molar-refractivity contribution in [2.24, 2.45) is 11.8 Å². The van der Waals surface area contributed by atoms with E-state index in [2.05, 4.69) is 32.2 Å². The molecule has 1 heteroatoms. The van der Waals surface area contributed by atoms with Gasteiger partial charge in [-0.25, -0.2) is 0 Å². The van der Waals surface area contributed by atoms with Crippen LogP contribution in [0.15, 0.2) is 11.6 Å². The lowest BCUT2D eigenvalue weighted by Crippen LogP contribution is -2.09. The zero-order valence-electron chi connectivity index (χ0n) is 8.56. The SMILES string of the molecule is C/C(=C/CC(C)C)C1CCNC1. The van der Waals surface area contributed by atoms with Gasteiger partial charge in [0.25, 0.3) is 0 Å². The Morgan fingerprint density at radius 2 is 2.33 bits per heavy atom. The lowest BCUT2D eigenvalue weighted by molar-refractivity contribution is 0.636. The Kier molecular flexibility index (Phi) is 3.80. The van der Waals surface area contributed by atoms with Crippen molar-refractivity contribution in [2.75, 3.05) is 13.1 Å². The first-order valence-electron chi connectivity index (χ1n) is 5.07. The molecule has 1 rings (SSSR count). The van der Waals surface area contributed by atoms with Gasteiger partial charge in [0.15, 0.2) is 0 Å². The topological polar surface area (TPSA) is 12.0 Å². The molecule has 70 valence electrons. The lowest BCUT2D eigenvalue weighted by Gasteiger charge is -2.09. The van der Waals surface area contributed by atoms with Crippen LogP contribution in [0.4, 0.5) is 0 Å². The van der Waals surface area contributed by atoms with Crippen LogP contribution in [0, 0.1) is 11.8 Å². The monoisotopic (exact) mass is 167 g/mol. The van der Waals surface area contributed by atoms with Crippen molar-refractivity contribution in [1.82, 2.24) is 5.32 Å². The lowest BCUT2D eigenvalue weighted by atomic mass is 9.97. The van der Waals surface area contributed by atoms with Crippen molar-refractivity contribution in [3.63, 3.8) is 0 Å². The van der Waals surface area contributed by atoms with E-state index in [0.717, 1.165) is 11.8 Å². The minimum Gasteiger partial charge on any atom is -0.316 e. The van der Waals surface area contributed by atoms with Gasteiger partial charge in [0.2, 0.25) is 0 Å². The Morgan fingerprint density at radius 3 is 2.83 bits per heavy atom. The molecule has 12 heavy (non-hydrogen) atoms. The molecule has 1 unspecified atom stereocenters. The molecular formula is C11H21N. The van der Waals surface area contributed by atoms with Gasteiger partial charge >= 0.3 is 0 Å². The molecule has 0 saturated carbocycles. The number of hydrogen-bond donors (Lipinski definition) is 1. The first-order chi connectivity index (χ1) is 5.70. The second kappa shape index (κ2) is 4.66. The first-order valence-corrected chi connectivity index (χ1v) is 5.07. The molecule has 1 fully saturated rings. The van der Waals surface area contributed by atoms with E-state index in [-0.39, 0.29) is 0 Å². The summed E-state index contributed by atoms with van der Waals surface area (Å²) in [5.74, 6) is 1.62. The van der Waals surface area contributed by atoms with E-state index < -0.39 is 0 Å². The Balaban J connectivity index is 2.34. The van der Waals surface area contributed by atoms with E-state index in [4.69, 9.17) is 0 Å². The van der Waals surface area contributed by atoms with Crippen molar-refractivity contribution < 1.29 is 0 Å². The van der Waals surface area contributed by atoms with Crippen LogP contribution in [-0.2, 0) is 0 Å². The van der Waals surface area contributed by atoms with Gasteiger partial charge in [-0.2, -0.15) is 0 Å². The van der Waals surface area contributed by atoms with Crippen LogP contribution in [-0.4, -0.2) is 13.1 Å². The zero-order valence-corrected chi connectivity index (χ0v) is 8.56. The molecule has 1 atom stereocenters. The van der Waals surface area contributed by atoms with E-state index in [9.17, 15) is 0 Å². The van der Waals surface area contributed by atoms with E-state index in [1.54, 1.807) is 5.57 Å². The highest BCUT2D eigenvalue weighted by Gasteiger charge is 2.15. The standard InChI is InChI=1S/C11H21N/c1-9(2)4-5-10(3)11-6-7-12-8-11/h5,9,11-12H,4,6-8H2,1-3H3/b10-5-. The van der Waals surface area contributed by atoms with E-state index in [0.29, 0.717) is 0 Å². The van der Waals surface area contributed by atoms with Crippen LogP contribution in [0.1, 0.15) is 33.6 Å². The summed E-state index contributed by atoms with van der Waals surface area (Å²) in [5, 5.41) is 3.40. The Hall–Kier alpha value is -0.300. The molecule has 0 aliphatic carbocycles. The van der Waals surface area contributed by atoms with Gasteiger partial charge in [-0.05, 0) is 38.1 Å². The van der Waals surface area contributed by atoms with Gasteiger partial charge in [0.1, 0.15) is 0 Å². The average molecular weight is 167 g/mol. The van der Waals surface area contributed by atoms with E-state index >= 15 is 0 Å².